The van der Waals surface area contributed by atoms with Gasteiger partial charge < -0.3 is 20.3 Å². The van der Waals surface area contributed by atoms with Crippen LogP contribution < -0.4 is 10.6 Å². The molecule has 0 aliphatic rings. The second-order valence-electron chi connectivity index (χ2n) is 8.19. The van der Waals surface area contributed by atoms with Crippen molar-refractivity contribution < 1.29 is 19.5 Å². The van der Waals surface area contributed by atoms with E-state index in [0.29, 0.717) is 12.1 Å². The molecule has 0 saturated carbocycles. The number of fused-ring (bicyclic) bond motifs is 3. The van der Waals surface area contributed by atoms with E-state index in [9.17, 15) is 14.4 Å². The third kappa shape index (κ3) is 5.60. The Morgan fingerprint density at radius 2 is 1.64 bits per heavy atom. The Hall–Kier alpha value is -4.04. The summed E-state index contributed by atoms with van der Waals surface area (Å²) in [6.45, 7) is 4.94. The maximum Gasteiger partial charge on any atom is 0.328 e. The highest BCUT2D eigenvalue weighted by Gasteiger charge is 2.19. The van der Waals surface area contributed by atoms with Gasteiger partial charge in [-0.1, -0.05) is 31.2 Å². The van der Waals surface area contributed by atoms with Crippen LogP contribution in [0, 0.1) is 0 Å². The molecule has 7 nitrogen and oxygen atoms in total. The van der Waals surface area contributed by atoms with Crippen LogP contribution >= 0.6 is 11.8 Å². The lowest BCUT2D eigenvalue weighted by atomic mass is 10.1. The summed E-state index contributed by atoms with van der Waals surface area (Å²) in [5.74, 6) is -1.83. The molecular weight excluding hydrogens is 474 g/mol. The molecular formula is C28H27N3O4S. The SMILES string of the molecule is CCC(Sc1cccc(NC(=O)/C=C/C(=O)O)c1)C(=O)Nc1ccc2c(c1)c1ccccc1n2CC. The average molecular weight is 502 g/mol. The maximum atomic E-state index is 13.1. The van der Waals surface area contributed by atoms with E-state index < -0.39 is 11.9 Å². The van der Waals surface area contributed by atoms with Gasteiger partial charge in [-0.3, -0.25) is 9.59 Å². The smallest absolute Gasteiger partial charge is 0.328 e. The summed E-state index contributed by atoms with van der Waals surface area (Å²) in [4.78, 5) is 36.4. The number of hydrogen-bond acceptors (Lipinski definition) is 4. The summed E-state index contributed by atoms with van der Waals surface area (Å²) in [7, 11) is 0. The predicted molar refractivity (Wildman–Crippen MR) is 146 cm³/mol. The zero-order chi connectivity index (χ0) is 25.7. The standard InChI is InChI=1S/C28H27N3O4S/c1-3-25(36-20-9-7-8-18(16-20)29-26(32)14-15-27(33)34)28(35)30-19-12-13-24-22(17-19)21-10-5-6-11-23(21)31(24)4-2/h5-17,25H,3-4H2,1-2H3,(H,29,32)(H,30,35)(H,33,34)/b15-14+. The monoisotopic (exact) mass is 501 g/mol. The first-order valence-electron chi connectivity index (χ1n) is 11.7. The summed E-state index contributed by atoms with van der Waals surface area (Å²) in [5, 5.41) is 16.3. The Labute approximate surface area is 213 Å². The molecule has 1 heterocycles. The number of carbonyl (C=O) groups excluding carboxylic acids is 2. The van der Waals surface area contributed by atoms with E-state index in [1.54, 1.807) is 18.2 Å². The molecule has 4 aromatic rings. The molecule has 0 fully saturated rings. The minimum Gasteiger partial charge on any atom is -0.478 e. The molecule has 0 radical (unpaired) electrons. The van der Waals surface area contributed by atoms with E-state index in [-0.39, 0.29) is 11.2 Å². The first-order chi connectivity index (χ1) is 17.4. The summed E-state index contributed by atoms with van der Waals surface area (Å²) < 4.78 is 2.27. The summed E-state index contributed by atoms with van der Waals surface area (Å²) in [5.41, 5.74) is 3.57. The van der Waals surface area contributed by atoms with Crippen molar-refractivity contribution in [3.63, 3.8) is 0 Å². The molecule has 0 bridgehead atoms. The number of anilines is 2. The molecule has 0 spiro atoms. The Bertz CT molecular complexity index is 1470. The summed E-state index contributed by atoms with van der Waals surface area (Å²) in [6, 6.07) is 21.4. The van der Waals surface area contributed by atoms with Gasteiger partial charge in [0.1, 0.15) is 0 Å². The Morgan fingerprint density at radius 3 is 2.39 bits per heavy atom. The van der Waals surface area contributed by atoms with E-state index >= 15 is 0 Å². The van der Waals surface area contributed by atoms with Crippen molar-refractivity contribution in [1.82, 2.24) is 4.57 Å². The molecule has 3 aromatic carbocycles. The number of aryl methyl sites for hydroxylation is 1. The Balaban J connectivity index is 1.49. The lowest BCUT2D eigenvalue weighted by Gasteiger charge is -2.15. The van der Waals surface area contributed by atoms with E-state index in [2.05, 4.69) is 34.3 Å². The van der Waals surface area contributed by atoms with Crippen LogP contribution in [-0.4, -0.2) is 32.7 Å². The van der Waals surface area contributed by atoms with Crippen LogP contribution in [0.2, 0.25) is 0 Å². The van der Waals surface area contributed by atoms with E-state index in [1.807, 2.05) is 43.3 Å². The Morgan fingerprint density at radius 1 is 0.889 bits per heavy atom. The molecule has 3 N–H and O–H groups in total. The van der Waals surface area contributed by atoms with Gasteiger partial charge in [-0.05, 0) is 55.8 Å². The van der Waals surface area contributed by atoms with E-state index in [4.69, 9.17) is 5.11 Å². The molecule has 1 unspecified atom stereocenters. The predicted octanol–water partition coefficient (Wildman–Crippen LogP) is 5.90. The normalized spacial score (nSPS) is 12.2. The number of rotatable bonds is 9. The van der Waals surface area contributed by atoms with Gasteiger partial charge in [0.25, 0.3) is 0 Å². The van der Waals surface area contributed by atoms with Gasteiger partial charge in [-0.15, -0.1) is 11.8 Å². The van der Waals surface area contributed by atoms with Crippen molar-refractivity contribution in [2.24, 2.45) is 0 Å². The molecule has 1 atom stereocenters. The van der Waals surface area contributed by atoms with Gasteiger partial charge in [0.05, 0.1) is 5.25 Å². The van der Waals surface area contributed by atoms with Crippen LogP contribution in [0.1, 0.15) is 20.3 Å². The van der Waals surface area contributed by atoms with Gasteiger partial charge in [-0.2, -0.15) is 0 Å². The number of thioether (sulfide) groups is 1. The van der Waals surface area contributed by atoms with Gasteiger partial charge in [-0.25, -0.2) is 4.79 Å². The number of aromatic nitrogens is 1. The van der Waals surface area contributed by atoms with Crippen molar-refractivity contribution in [2.45, 2.75) is 37.0 Å². The number of hydrogen-bond donors (Lipinski definition) is 3. The fourth-order valence-corrected chi connectivity index (χ4v) is 5.17. The second-order valence-corrected chi connectivity index (χ2v) is 9.46. The summed E-state index contributed by atoms with van der Waals surface area (Å²) in [6.07, 6.45) is 2.35. The number of para-hydroxylation sites is 1. The second kappa shape index (κ2) is 11.1. The molecule has 0 aliphatic heterocycles. The highest BCUT2D eigenvalue weighted by atomic mass is 32.2. The first-order valence-corrected chi connectivity index (χ1v) is 12.6. The topological polar surface area (TPSA) is 100 Å². The molecule has 1 aromatic heterocycles. The highest BCUT2D eigenvalue weighted by Crippen LogP contribution is 2.32. The third-order valence-electron chi connectivity index (χ3n) is 5.78. The average Bonchev–Trinajstić information content (AvgIpc) is 3.19. The number of nitrogens with zero attached hydrogens (tertiary/aromatic N) is 1. The van der Waals surface area contributed by atoms with Crippen LogP contribution in [0.5, 0.6) is 0 Å². The number of benzene rings is 3. The van der Waals surface area contributed by atoms with Crippen LogP contribution in [0.4, 0.5) is 11.4 Å². The largest absolute Gasteiger partial charge is 0.478 e. The van der Waals surface area contributed by atoms with Gasteiger partial charge in [0, 0.05) is 56.8 Å². The van der Waals surface area contributed by atoms with Gasteiger partial charge >= 0.3 is 5.97 Å². The van der Waals surface area contributed by atoms with Crippen molar-refractivity contribution in [3.05, 3.63) is 78.9 Å². The molecule has 0 saturated heterocycles. The fraction of sp³-hybridized carbons (Fsp3) is 0.179. The van der Waals surface area contributed by atoms with Crippen molar-refractivity contribution >= 4 is 62.7 Å². The van der Waals surface area contributed by atoms with Crippen molar-refractivity contribution in [3.8, 4) is 0 Å². The van der Waals surface area contributed by atoms with E-state index in [1.165, 1.54) is 17.3 Å². The van der Waals surface area contributed by atoms with Crippen molar-refractivity contribution in [1.29, 1.82) is 0 Å². The van der Waals surface area contributed by atoms with Crippen molar-refractivity contribution in [2.75, 3.05) is 10.6 Å². The van der Waals surface area contributed by atoms with E-state index in [0.717, 1.165) is 45.6 Å². The minimum atomic E-state index is -1.19. The molecule has 0 aliphatic carbocycles. The van der Waals surface area contributed by atoms with Crippen LogP contribution in [0.25, 0.3) is 21.8 Å². The first kappa shape index (κ1) is 25.1. The lowest BCUT2D eigenvalue weighted by molar-refractivity contribution is -0.131. The van der Waals surface area contributed by atoms with Crippen LogP contribution in [-0.2, 0) is 20.9 Å². The minimum absolute atomic E-state index is 0.0973. The molecule has 184 valence electrons. The molecule has 36 heavy (non-hydrogen) atoms. The number of carboxylic acids is 1. The van der Waals surface area contributed by atoms with Gasteiger partial charge in [0.15, 0.2) is 0 Å². The summed E-state index contributed by atoms with van der Waals surface area (Å²) >= 11 is 1.41. The number of aliphatic carboxylic acids is 1. The third-order valence-corrected chi connectivity index (χ3v) is 7.13. The molecule has 8 heteroatoms. The van der Waals surface area contributed by atoms with Crippen LogP contribution in [0.15, 0.2) is 83.8 Å². The number of carbonyl (C=O) groups is 3. The Kier molecular flexibility index (Phi) is 7.75. The molecule has 4 rings (SSSR count). The fourth-order valence-electron chi connectivity index (χ4n) is 4.16. The zero-order valence-electron chi connectivity index (χ0n) is 20.0. The maximum absolute atomic E-state index is 13.1. The quantitative estimate of drug-likeness (QED) is 0.196. The molecule has 2 amide bonds. The lowest BCUT2D eigenvalue weighted by Crippen LogP contribution is -2.24. The zero-order valence-corrected chi connectivity index (χ0v) is 20.8. The number of carboxylic acid groups (broad SMARTS) is 1. The van der Waals surface area contributed by atoms with Crippen LogP contribution in [0.3, 0.4) is 0 Å². The highest BCUT2D eigenvalue weighted by molar-refractivity contribution is 8.00. The number of amides is 2. The van der Waals surface area contributed by atoms with Gasteiger partial charge in [0.2, 0.25) is 11.8 Å². The number of nitrogens with one attached hydrogen (secondary N) is 2.